The summed E-state index contributed by atoms with van der Waals surface area (Å²) in [4.78, 5) is 26.7. The van der Waals surface area contributed by atoms with E-state index in [4.69, 9.17) is 4.74 Å². The first-order valence-electron chi connectivity index (χ1n) is 6.33. The predicted octanol–water partition coefficient (Wildman–Crippen LogP) is -0.698. The highest BCUT2D eigenvalue weighted by Gasteiger charge is 2.22. The molecule has 1 aliphatic heterocycles. The Bertz CT molecular complexity index is 288. The van der Waals surface area contributed by atoms with Gasteiger partial charge in [-0.1, -0.05) is 0 Å². The molecule has 1 heterocycles. The molecular formula is C12H23N3O3. The van der Waals surface area contributed by atoms with Crippen molar-refractivity contribution in [2.75, 3.05) is 46.9 Å². The van der Waals surface area contributed by atoms with E-state index in [1.165, 1.54) is 4.90 Å². The van der Waals surface area contributed by atoms with Gasteiger partial charge in [-0.3, -0.25) is 9.59 Å². The molecule has 1 aliphatic rings. The van der Waals surface area contributed by atoms with Gasteiger partial charge in [0.05, 0.1) is 19.8 Å². The first-order chi connectivity index (χ1) is 8.54. The van der Waals surface area contributed by atoms with Gasteiger partial charge in [0.1, 0.15) is 0 Å². The van der Waals surface area contributed by atoms with Gasteiger partial charge < -0.3 is 19.9 Å². The molecule has 0 spiro atoms. The molecule has 1 rings (SSSR count). The van der Waals surface area contributed by atoms with E-state index in [0.29, 0.717) is 26.2 Å². The molecule has 1 saturated heterocycles. The number of ether oxygens (including phenoxy) is 1. The van der Waals surface area contributed by atoms with Gasteiger partial charge in [-0.15, -0.1) is 0 Å². The summed E-state index contributed by atoms with van der Waals surface area (Å²) >= 11 is 0. The van der Waals surface area contributed by atoms with Gasteiger partial charge in [0.25, 0.3) is 0 Å². The maximum atomic E-state index is 12.1. The van der Waals surface area contributed by atoms with E-state index in [9.17, 15) is 9.59 Å². The third-order valence-corrected chi connectivity index (χ3v) is 2.98. The van der Waals surface area contributed by atoms with Crippen LogP contribution in [-0.4, -0.2) is 74.6 Å². The van der Waals surface area contributed by atoms with Crippen LogP contribution in [0.1, 0.15) is 13.3 Å². The number of likely N-dealkylation sites (N-methyl/N-ethyl adjacent to an activating group) is 2. The Labute approximate surface area is 108 Å². The minimum atomic E-state index is -0.0574. The molecule has 1 fully saturated rings. The molecule has 2 amide bonds. The molecule has 6 nitrogen and oxygen atoms in total. The molecular weight excluding hydrogens is 234 g/mol. The Morgan fingerprint density at radius 2 is 2.06 bits per heavy atom. The number of amides is 2. The second-order valence-electron chi connectivity index (χ2n) is 4.63. The highest BCUT2D eigenvalue weighted by molar-refractivity contribution is 5.84. The van der Waals surface area contributed by atoms with Gasteiger partial charge >= 0.3 is 0 Å². The van der Waals surface area contributed by atoms with Crippen molar-refractivity contribution in [3.05, 3.63) is 0 Å². The molecule has 1 unspecified atom stereocenters. The van der Waals surface area contributed by atoms with E-state index in [-0.39, 0.29) is 24.4 Å². The summed E-state index contributed by atoms with van der Waals surface area (Å²) in [6.45, 7) is 4.61. The van der Waals surface area contributed by atoms with Crippen LogP contribution in [0.2, 0.25) is 0 Å². The van der Waals surface area contributed by atoms with Crippen molar-refractivity contribution in [3.8, 4) is 0 Å². The van der Waals surface area contributed by atoms with Gasteiger partial charge in [0.15, 0.2) is 0 Å². The van der Waals surface area contributed by atoms with Crippen molar-refractivity contribution in [3.63, 3.8) is 0 Å². The first kappa shape index (κ1) is 14.9. The lowest BCUT2D eigenvalue weighted by Gasteiger charge is -2.27. The van der Waals surface area contributed by atoms with Crippen LogP contribution < -0.4 is 5.32 Å². The monoisotopic (exact) mass is 257 g/mol. The molecule has 18 heavy (non-hydrogen) atoms. The molecule has 104 valence electrons. The Kier molecular flexibility index (Phi) is 6.07. The number of morpholine rings is 1. The SMILES string of the molecule is CCN(CC(=O)N(C)C)C(=O)CC1COCCN1. The predicted molar refractivity (Wildman–Crippen MR) is 68.2 cm³/mol. The molecule has 0 bridgehead atoms. The smallest absolute Gasteiger partial charge is 0.241 e. The van der Waals surface area contributed by atoms with Gasteiger partial charge in [-0.2, -0.15) is 0 Å². The number of rotatable bonds is 5. The summed E-state index contributed by atoms with van der Waals surface area (Å²) in [5, 5.41) is 3.24. The summed E-state index contributed by atoms with van der Waals surface area (Å²) in [7, 11) is 3.38. The normalized spacial score (nSPS) is 19.4. The molecule has 0 aromatic carbocycles. The van der Waals surface area contributed by atoms with E-state index in [1.807, 2.05) is 6.92 Å². The zero-order valence-electron chi connectivity index (χ0n) is 11.4. The van der Waals surface area contributed by atoms with Crippen LogP contribution in [0.25, 0.3) is 0 Å². The quantitative estimate of drug-likeness (QED) is 0.707. The minimum Gasteiger partial charge on any atom is -0.378 e. The topological polar surface area (TPSA) is 61.9 Å². The molecule has 0 aliphatic carbocycles. The fourth-order valence-corrected chi connectivity index (χ4v) is 1.77. The van der Waals surface area contributed by atoms with E-state index in [2.05, 4.69) is 5.32 Å². The van der Waals surface area contributed by atoms with E-state index in [1.54, 1.807) is 19.0 Å². The zero-order chi connectivity index (χ0) is 13.5. The molecule has 6 heteroatoms. The van der Waals surface area contributed by atoms with E-state index >= 15 is 0 Å². The van der Waals surface area contributed by atoms with Crippen LogP contribution in [0, 0.1) is 0 Å². The lowest BCUT2D eigenvalue weighted by Crippen LogP contribution is -2.46. The van der Waals surface area contributed by atoms with Crippen LogP contribution in [0.5, 0.6) is 0 Å². The third-order valence-electron chi connectivity index (χ3n) is 2.98. The maximum absolute atomic E-state index is 12.1. The highest BCUT2D eigenvalue weighted by atomic mass is 16.5. The van der Waals surface area contributed by atoms with Crippen molar-refractivity contribution < 1.29 is 14.3 Å². The Hall–Kier alpha value is -1.14. The summed E-state index contributed by atoms with van der Waals surface area (Å²) in [6, 6.07) is 0.0646. The maximum Gasteiger partial charge on any atom is 0.241 e. The van der Waals surface area contributed by atoms with Crippen molar-refractivity contribution in [1.82, 2.24) is 15.1 Å². The second kappa shape index (κ2) is 7.33. The summed E-state index contributed by atoms with van der Waals surface area (Å²) < 4.78 is 5.31. The Balaban J connectivity index is 2.43. The average molecular weight is 257 g/mol. The number of carbonyl (C=O) groups excluding carboxylic acids is 2. The molecule has 0 radical (unpaired) electrons. The third kappa shape index (κ3) is 4.62. The van der Waals surface area contributed by atoms with Crippen LogP contribution in [0.3, 0.4) is 0 Å². The van der Waals surface area contributed by atoms with Gasteiger partial charge in [-0.05, 0) is 6.92 Å². The number of hydrogen-bond donors (Lipinski definition) is 1. The number of nitrogens with one attached hydrogen (secondary N) is 1. The van der Waals surface area contributed by atoms with E-state index < -0.39 is 0 Å². The van der Waals surface area contributed by atoms with E-state index in [0.717, 1.165) is 6.54 Å². The fourth-order valence-electron chi connectivity index (χ4n) is 1.77. The van der Waals surface area contributed by atoms with Crippen molar-refractivity contribution in [2.24, 2.45) is 0 Å². The standard InChI is InChI=1S/C12H23N3O3/c1-4-15(8-12(17)14(2)3)11(16)7-10-9-18-6-5-13-10/h10,13H,4-9H2,1-3H3. The zero-order valence-corrected chi connectivity index (χ0v) is 11.4. The second-order valence-corrected chi connectivity index (χ2v) is 4.63. The van der Waals surface area contributed by atoms with Gasteiger partial charge in [0, 0.05) is 39.6 Å². The number of nitrogens with zero attached hydrogens (tertiary/aromatic N) is 2. The van der Waals surface area contributed by atoms with Crippen LogP contribution in [-0.2, 0) is 14.3 Å². The van der Waals surface area contributed by atoms with Crippen molar-refractivity contribution in [2.45, 2.75) is 19.4 Å². The highest BCUT2D eigenvalue weighted by Crippen LogP contribution is 2.03. The van der Waals surface area contributed by atoms with Crippen LogP contribution in [0.4, 0.5) is 0 Å². The van der Waals surface area contributed by atoms with Crippen LogP contribution in [0.15, 0.2) is 0 Å². The lowest BCUT2D eigenvalue weighted by molar-refractivity contribution is -0.139. The largest absolute Gasteiger partial charge is 0.378 e. The number of hydrogen-bond acceptors (Lipinski definition) is 4. The molecule has 0 aromatic rings. The first-order valence-corrected chi connectivity index (χ1v) is 6.33. The summed E-state index contributed by atoms with van der Waals surface area (Å²) in [6.07, 6.45) is 0.383. The number of carbonyl (C=O) groups is 2. The average Bonchev–Trinajstić information content (AvgIpc) is 2.36. The van der Waals surface area contributed by atoms with Crippen molar-refractivity contribution in [1.29, 1.82) is 0 Å². The van der Waals surface area contributed by atoms with Gasteiger partial charge in [0.2, 0.25) is 11.8 Å². The molecule has 0 aromatic heterocycles. The molecule has 0 saturated carbocycles. The minimum absolute atomic E-state index is 0.00398. The van der Waals surface area contributed by atoms with Gasteiger partial charge in [-0.25, -0.2) is 0 Å². The summed E-state index contributed by atoms with van der Waals surface area (Å²) in [5.41, 5.74) is 0. The Morgan fingerprint density at radius 1 is 1.33 bits per heavy atom. The fraction of sp³-hybridized carbons (Fsp3) is 0.833. The molecule has 1 N–H and O–H groups in total. The summed E-state index contributed by atoms with van der Waals surface area (Å²) in [5.74, 6) is -0.0613. The van der Waals surface area contributed by atoms with Crippen molar-refractivity contribution >= 4 is 11.8 Å². The Morgan fingerprint density at radius 3 is 2.56 bits per heavy atom. The lowest BCUT2D eigenvalue weighted by atomic mass is 10.2. The molecule has 1 atom stereocenters. The van der Waals surface area contributed by atoms with Crippen LogP contribution >= 0.6 is 0 Å².